The summed E-state index contributed by atoms with van der Waals surface area (Å²) in [5.74, 6) is 0. The fraction of sp³-hybridized carbons (Fsp3) is 0.727. The van der Waals surface area contributed by atoms with Crippen molar-refractivity contribution in [2.75, 3.05) is 20.3 Å². The highest BCUT2D eigenvalue weighted by molar-refractivity contribution is 5.73. The zero-order valence-corrected chi connectivity index (χ0v) is 9.96. The molecule has 0 saturated carbocycles. The lowest BCUT2D eigenvalue weighted by atomic mass is 10.2. The topological polar surface area (TPSA) is 66.2 Å². The van der Waals surface area contributed by atoms with E-state index in [1.165, 1.54) is 0 Å². The van der Waals surface area contributed by atoms with E-state index in [1.807, 2.05) is 0 Å². The number of aromatic nitrogens is 3. The Morgan fingerprint density at radius 3 is 3.18 bits per heavy atom. The van der Waals surface area contributed by atoms with Crippen LogP contribution in [-0.2, 0) is 22.4 Å². The van der Waals surface area contributed by atoms with E-state index in [-0.39, 0.29) is 6.10 Å². The number of hydrogen-bond acceptors (Lipinski definition) is 5. The molecule has 1 aromatic heterocycles. The molecule has 0 radical (unpaired) electrons. The Balaban J connectivity index is 2.08. The van der Waals surface area contributed by atoms with E-state index in [0.717, 1.165) is 31.4 Å². The maximum Gasteiger partial charge on any atom is 0.172 e. The zero-order valence-electron chi connectivity index (χ0n) is 9.96. The minimum Gasteiger partial charge on any atom is -0.384 e. The van der Waals surface area contributed by atoms with Crippen LogP contribution in [0.2, 0.25) is 0 Å². The minimum atomic E-state index is 0.192. The van der Waals surface area contributed by atoms with Crippen LogP contribution in [0.15, 0.2) is 0 Å². The molecule has 1 aliphatic rings. The second-order valence-corrected chi connectivity index (χ2v) is 4.10. The molecule has 0 spiro atoms. The SMILES string of the molecule is COCCc1c(C=O)nnn1CC1CCCO1. The Bertz CT molecular complexity index is 372. The van der Waals surface area contributed by atoms with Gasteiger partial charge in [0, 0.05) is 20.1 Å². The van der Waals surface area contributed by atoms with Crippen molar-refractivity contribution in [2.24, 2.45) is 0 Å². The molecule has 6 nitrogen and oxygen atoms in total. The number of carbonyl (C=O) groups excluding carboxylic acids is 1. The van der Waals surface area contributed by atoms with Crippen LogP contribution in [0, 0.1) is 0 Å². The Morgan fingerprint density at radius 2 is 2.53 bits per heavy atom. The molecule has 6 heteroatoms. The Labute approximate surface area is 99.9 Å². The summed E-state index contributed by atoms with van der Waals surface area (Å²) in [4.78, 5) is 10.9. The van der Waals surface area contributed by atoms with Gasteiger partial charge in [0.2, 0.25) is 0 Å². The van der Waals surface area contributed by atoms with Gasteiger partial charge in [-0.25, -0.2) is 4.68 Å². The summed E-state index contributed by atoms with van der Waals surface area (Å²) in [7, 11) is 1.63. The molecule has 1 aliphatic heterocycles. The third kappa shape index (κ3) is 2.89. The first-order valence-electron chi connectivity index (χ1n) is 5.83. The van der Waals surface area contributed by atoms with Crippen LogP contribution in [0.4, 0.5) is 0 Å². The number of nitrogens with zero attached hydrogens (tertiary/aromatic N) is 3. The second kappa shape index (κ2) is 5.88. The lowest BCUT2D eigenvalue weighted by Gasteiger charge is -2.11. The third-order valence-electron chi connectivity index (χ3n) is 2.92. The fourth-order valence-electron chi connectivity index (χ4n) is 2.02. The van der Waals surface area contributed by atoms with Gasteiger partial charge in [0.15, 0.2) is 6.29 Å². The summed E-state index contributed by atoms with van der Waals surface area (Å²) in [5.41, 5.74) is 1.23. The highest BCUT2D eigenvalue weighted by Gasteiger charge is 2.19. The van der Waals surface area contributed by atoms with Gasteiger partial charge < -0.3 is 9.47 Å². The molecule has 0 aromatic carbocycles. The first kappa shape index (κ1) is 12.2. The van der Waals surface area contributed by atoms with E-state index in [4.69, 9.17) is 9.47 Å². The van der Waals surface area contributed by atoms with E-state index < -0.39 is 0 Å². The van der Waals surface area contributed by atoms with E-state index in [0.29, 0.717) is 25.3 Å². The highest BCUT2D eigenvalue weighted by Crippen LogP contribution is 2.15. The molecule has 94 valence electrons. The van der Waals surface area contributed by atoms with Crippen LogP contribution >= 0.6 is 0 Å². The van der Waals surface area contributed by atoms with Crippen molar-refractivity contribution in [1.29, 1.82) is 0 Å². The van der Waals surface area contributed by atoms with Crippen molar-refractivity contribution in [3.8, 4) is 0 Å². The lowest BCUT2D eigenvalue weighted by molar-refractivity contribution is 0.0921. The molecule has 1 atom stereocenters. The third-order valence-corrected chi connectivity index (χ3v) is 2.92. The van der Waals surface area contributed by atoms with Crippen LogP contribution in [0.25, 0.3) is 0 Å². The Morgan fingerprint density at radius 1 is 1.65 bits per heavy atom. The maximum atomic E-state index is 10.9. The second-order valence-electron chi connectivity index (χ2n) is 4.10. The Kier molecular flexibility index (Phi) is 4.22. The summed E-state index contributed by atoms with van der Waals surface area (Å²) in [5, 5.41) is 7.87. The summed E-state index contributed by atoms with van der Waals surface area (Å²) in [6.45, 7) is 2.03. The number of ether oxygens (including phenoxy) is 2. The van der Waals surface area contributed by atoms with Crippen LogP contribution in [0.1, 0.15) is 29.0 Å². The number of carbonyl (C=O) groups is 1. The molecule has 0 aliphatic carbocycles. The fourth-order valence-corrected chi connectivity index (χ4v) is 2.02. The van der Waals surface area contributed by atoms with Gasteiger partial charge in [-0.05, 0) is 12.8 Å². The molecule has 2 rings (SSSR count). The minimum absolute atomic E-state index is 0.192. The quantitative estimate of drug-likeness (QED) is 0.675. The van der Waals surface area contributed by atoms with Crippen LogP contribution in [0.3, 0.4) is 0 Å². The number of methoxy groups -OCH3 is 1. The molecule has 1 saturated heterocycles. The van der Waals surface area contributed by atoms with Gasteiger partial charge in [0.25, 0.3) is 0 Å². The van der Waals surface area contributed by atoms with Gasteiger partial charge in [-0.3, -0.25) is 4.79 Å². The summed E-state index contributed by atoms with van der Waals surface area (Å²) >= 11 is 0. The molecule has 17 heavy (non-hydrogen) atoms. The van der Waals surface area contributed by atoms with Crippen molar-refractivity contribution >= 4 is 6.29 Å². The molecular weight excluding hydrogens is 222 g/mol. The van der Waals surface area contributed by atoms with Crippen LogP contribution in [0.5, 0.6) is 0 Å². The molecule has 1 aromatic rings. The van der Waals surface area contributed by atoms with E-state index in [9.17, 15) is 4.79 Å². The van der Waals surface area contributed by atoms with Crippen molar-refractivity contribution in [3.63, 3.8) is 0 Å². The lowest BCUT2D eigenvalue weighted by Crippen LogP contribution is -2.19. The van der Waals surface area contributed by atoms with E-state index in [1.54, 1.807) is 11.8 Å². The van der Waals surface area contributed by atoms with E-state index >= 15 is 0 Å². The predicted octanol–water partition coefficient (Wildman–Crippen LogP) is 0.458. The van der Waals surface area contributed by atoms with Crippen molar-refractivity contribution in [3.05, 3.63) is 11.4 Å². The molecule has 0 amide bonds. The number of aldehydes is 1. The van der Waals surface area contributed by atoms with Gasteiger partial charge in [-0.15, -0.1) is 5.10 Å². The van der Waals surface area contributed by atoms with Gasteiger partial charge in [-0.2, -0.15) is 0 Å². The van der Waals surface area contributed by atoms with Crippen molar-refractivity contribution in [2.45, 2.75) is 31.9 Å². The molecule has 0 bridgehead atoms. The van der Waals surface area contributed by atoms with Gasteiger partial charge in [0.1, 0.15) is 5.69 Å². The standard InChI is InChI=1S/C11H17N3O3/c1-16-6-4-11-10(8-15)12-13-14(11)7-9-3-2-5-17-9/h8-9H,2-7H2,1H3. The molecular formula is C11H17N3O3. The van der Waals surface area contributed by atoms with Gasteiger partial charge >= 0.3 is 0 Å². The van der Waals surface area contributed by atoms with Crippen LogP contribution in [-0.4, -0.2) is 47.7 Å². The first-order chi connectivity index (χ1) is 8.35. The monoisotopic (exact) mass is 239 g/mol. The van der Waals surface area contributed by atoms with Crippen molar-refractivity contribution < 1.29 is 14.3 Å². The highest BCUT2D eigenvalue weighted by atomic mass is 16.5. The first-order valence-corrected chi connectivity index (χ1v) is 5.83. The van der Waals surface area contributed by atoms with Crippen LogP contribution < -0.4 is 0 Å². The number of rotatable bonds is 6. The maximum absolute atomic E-state index is 10.9. The molecule has 0 N–H and O–H groups in total. The summed E-state index contributed by atoms with van der Waals surface area (Å²) in [6, 6.07) is 0. The average molecular weight is 239 g/mol. The summed E-state index contributed by atoms with van der Waals surface area (Å²) < 4.78 is 12.3. The predicted molar refractivity (Wildman–Crippen MR) is 60.0 cm³/mol. The van der Waals surface area contributed by atoms with E-state index in [2.05, 4.69) is 10.3 Å². The number of hydrogen-bond donors (Lipinski definition) is 0. The molecule has 2 heterocycles. The van der Waals surface area contributed by atoms with Gasteiger partial charge in [-0.1, -0.05) is 5.21 Å². The molecule has 1 fully saturated rings. The largest absolute Gasteiger partial charge is 0.384 e. The summed E-state index contributed by atoms with van der Waals surface area (Å²) in [6.07, 6.45) is 3.71. The average Bonchev–Trinajstić information content (AvgIpc) is 2.97. The smallest absolute Gasteiger partial charge is 0.172 e. The molecule has 1 unspecified atom stereocenters. The zero-order chi connectivity index (χ0) is 12.1. The van der Waals surface area contributed by atoms with Gasteiger partial charge in [0.05, 0.1) is 24.9 Å². The van der Waals surface area contributed by atoms with Crippen molar-refractivity contribution in [1.82, 2.24) is 15.0 Å². The Hall–Kier alpha value is -1.27. The normalized spacial score (nSPS) is 19.7.